The molecule has 24 heavy (non-hydrogen) atoms. The second-order valence-corrected chi connectivity index (χ2v) is 7.93. The van der Waals surface area contributed by atoms with Crippen molar-refractivity contribution in [2.75, 3.05) is 12.4 Å². The summed E-state index contributed by atoms with van der Waals surface area (Å²) in [4.78, 5) is 11.9. The number of hydrogen-bond acceptors (Lipinski definition) is 4. The maximum atomic E-state index is 12.9. The second kappa shape index (κ2) is 6.41. The van der Waals surface area contributed by atoms with Crippen LogP contribution in [0.15, 0.2) is 45.9 Å². The smallest absolute Gasteiger partial charge is 0.243 e. The first-order valence-electron chi connectivity index (χ1n) is 7.84. The number of fused-ring (bicyclic) bond motifs is 1. The zero-order valence-corrected chi connectivity index (χ0v) is 14.5. The van der Waals surface area contributed by atoms with Gasteiger partial charge in [0.1, 0.15) is 5.76 Å². The summed E-state index contributed by atoms with van der Waals surface area (Å²) < 4.78 is 32.4. The molecule has 0 aliphatic carbocycles. The van der Waals surface area contributed by atoms with Gasteiger partial charge in [-0.25, -0.2) is 8.42 Å². The summed E-state index contributed by atoms with van der Waals surface area (Å²) >= 11 is 0. The molecular formula is C17H20N2O4S. The van der Waals surface area contributed by atoms with E-state index >= 15 is 0 Å². The predicted octanol–water partition coefficient (Wildman–Crippen LogP) is 2.94. The fourth-order valence-electron chi connectivity index (χ4n) is 2.79. The molecule has 6 nitrogen and oxygen atoms in total. The number of nitrogens with one attached hydrogen (secondary N) is 1. The van der Waals surface area contributed by atoms with E-state index in [0.717, 1.165) is 18.4 Å². The highest BCUT2D eigenvalue weighted by Crippen LogP contribution is 2.30. The molecule has 1 N–H and O–H groups in total. The van der Waals surface area contributed by atoms with Crippen molar-refractivity contribution in [3.05, 3.63) is 47.9 Å². The molecule has 7 heteroatoms. The Morgan fingerprint density at radius 3 is 2.75 bits per heavy atom. The molecule has 0 radical (unpaired) electrons. The van der Waals surface area contributed by atoms with E-state index in [1.165, 1.54) is 17.6 Å². The van der Waals surface area contributed by atoms with Crippen LogP contribution in [0.1, 0.15) is 37.1 Å². The summed E-state index contributed by atoms with van der Waals surface area (Å²) in [6.07, 6.45) is 3.49. The average molecular weight is 348 g/mol. The van der Waals surface area contributed by atoms with Crippen molar-refractivity contribution in [2.45, 2.75) is 37.1 Å². The van der Waals surface area contributed by atoms with Crippen molar-refractivity contribution in [3.63, 3.8) is 0 Å². The van der Waals surface area contributed by atoms with Crippen LogP contribution in [0.4, 0.5) is 5.69 Å². The van der Waals surface area contributed by atoms with Crippen molar-refractivity contribution < 1.29 is 17.6 Å². The third kappa shape index (κ3) is 3.09. The third-order valence-electron chi connectivity index (χ3n) is 4.38. The van der Waals surface area contributed by atoms with Crippen LogP contribution in [0.3, 0.4) is 0 Å². The Hall–Kier alpha value is -2.12. The number of anilines is 1. The van der Waals surface area contributed by atoms with Crippen LogP contribution >= 0.6 is 0 Å². The van der Waals surface area contributed by atoms with Gasteiger partial charge in [0.15, 0.2) is 0 Å². The monoisotopic (exact) mass is 348 g/mol. The molecule has 2 heterocycles. The van der Waals surface area contributed by atoms with Crippen molar-refractivity contribution >= 4 is 21.6 Å². The zero-order chi connectivity index (χ0) is 17.3. The summed E-state index contributed by atoms with van der Waals surface area (Å²) in [5.41, 5.74) is 1.54. The maximum absolute atomic E-state index is 12.9. The highest BCUT2D eigenvalue weighted by molar-refractivity contribution is 7.89. The third-order valence-corrected chi connectivity index (χ3v) is 6.31. The summed E-state index contributed by atoms with van der Waals surface area (Å²) in [5.74, 6) is 0.491. The highest BCUT2D eigenvalue weighted by atomic mass is 32.2. The first kappa shape index (κ1) is 16.7. The molecule has 0 bridgehead atoms. The summed E-state index contributed by atoms with van der Waals surface area (Å²) in [7, 11) is -2.18. The van der Waals surface area contributed by atoms with Crippen molar-refractivity contribution in [3.8, 4) is 0 Å². The van der Waals surface area contributed by atoms with E-state index < -0.39 is 16.1 Å². The lowest BCUT2D eigenvalue weighted by Crippen LogP contribution is -2.29. The number of carbonyl (C=O) groups is 1. The van der Waals surface area contributed by atoms with Gasteiger partial charge in [-0.2, -0.15) is 4.31 Å². The largest absolute Gasteiger partial charge is 0.468 e. The van der Waals surface area contributed by atoms with Gasteiger partial charge < -0.3 is 9.73 Å². The van der Waals surface area contributed by atoms with Gasteiger partial charge in [0.2, 0.25) is 15.9 Å². The Labute approximate surface area is 141 Å². The number of aryl methyl sites for hydroxylation is 1. The SMILES string of the molecule is CC(c1ccco1)N(C)S(=O)(=O)c1ccc2c(c1)NC(=O)CCC2. The summed E-state index contributed by atoms with van der Waals surface area (Å²) in [6.45, 7) is 1.77. The Balaban J connectivity index is 1.94. The maximum Gasteiger partial charge on any atom is 0.243 e. The average Bonchev–Trinajstić information content (AvgIpc) is 3.02. The van der Waals surface area contributed by atoms with Gasteiger partial charge >= 0.3 is 0 Å². The number of benzene rings is 1. The number of nitrogens with zero attached hydrogens (tertiary/aromatic N) is 1. The number of amides is 1. The van der Waals surface area contributed by atoms with E-state index in [1.807, 2.05) is 0 Å². The van der Waals surface area contributed by atoms with Crippen molar-refractivity contribution in [1.82, 2.24) is 4.31 Å². The van der Waals surface area contributed by atoms with Crippen LogP contribution in [0.25, 0.3) is 0 Å². The van der Waals surface area contributed by atoms with Crippen LogP contribution in [0.5, 0.6) is 0 Å². The highest BCUT2D eigenvalue weighted by Gasteiger charge is 2.28. The minimum atomic E-state index is -3.71. The number of hydrogen-bond donors (Lipinski definition) is 1. The van der Waals surface area contributed by atoms with Crippen LogP contribution < -0.4 is 5.32 Å². The fourth-order valence-corrected chi connectivity index (χ4v) is 4.14. The van der Waals surface area contributed by atoms with Crippen LogP contribution in [-0.4, -0.2) is 25.7 Å². The normalized spacial score (nSPS) is 16.4. The standard InChI is InChI=1S/C17H20N2O4S/c1-12(16-6-4-10-23-16)19(2)24(21,22)14-9-8-13-5-3-7-17(20)18-15(13)11-14/h4,6,8-12H,3,5,7H2,1-2H3,(H,18,20). The molecule has 1 amide bonds. The lowest BCUT2D eigenvalue weighted by molar-refractivity contribution is -0.116. The van der Waals surface area contributed by atoms with E-state index in [2.05, 4.69) is 5.32 Å². The molecule has 1 aromatic carbocycles. The molecule has 1 aliphatic rings. The summed E-state index contributed by atoms with van der Waals surface area (Å²) in [6, 6.07) is 7.95. The topological polar surface area (TPSA) is 79.6 Å². The van der Waals surface area contributed by atoms with Gasteiger partial charge in [0, 0.05) is 19.2 Å². The van der Waals surface area contributed by atoms with E-state index in [-0.39, 0.29) is 10.8 Å². The Morgan fingerprint density at radius 2 is 2.04 bits per heavy atom. The minimum Gasteiger partial charge on any atom is -0.468 e. The van der Waals surface area contributed by atoms with E-state index in [4.69, 9.17) is 4.42 Å². The molecule has 1 unspecified atom stereocenters. The van der Waals surface area contributed by atoms with E-state index in [9.17, 15) is 13.2 Å². The number of rotatable bonds is 4. The van der Waals surface area contributed by atoms with Gasteiger partial charge in [-0.3, -0.25) is 4.79 Å². The van der Waals surface area contributed by atoms with Crippen LogP contribution in [0.2, 0.25) is 0 Å². The molecular weight excluding hydrogens is 328 g/mol. The minimum absolute atomic E-state index is 0.0828. The number of carbonyl (C=O) groups excluding carboxylic acids is 1. The Bertz CT molecular complexity index is 843. The van der Waals surface area contributed by atoms with Crippen LogP contribution in [-0.2, 0) is 21.2 Å². The van der Waals surface area contributed by atoms with E-state index in [0.29, 0.717) is 17.9 Å². The van der Waals surface area contributed by atoms with E-state index in [1.54, 1.807) is 37.3 Å². The molecule has 128 valence electrons. The molecule has 1 atom stereocenters. The molecule has 0 spiro atoms. The summed E-state index contributed by atoms with van der Waals surface area (Å²) in [5, 5.41) is 2.79. The fraction of sp³-hybridized carbons (Fsp3) is 0.353. The zero-order valence-electron chi connectivity index (χ0n) is 13.7. The van der Waals surface area contributed by atoms with Gasteiger partial charge in [0.05, 0.1) is 17.2 Å². The predicted molar refractivity (Wildman–Crippen MR) is 90.1 cm³/mol. The van der Waals surface area contributed by atoms with Crippen molar-refractivity contribution in [1.29, 1.82) is 0 Å². The second-order valence-electron chi connectivity index (χ2n) is 5.93. The van der Waals surface area contributed by atoms with Crippen molar-refractivity contribution in [2.24, 2.45) is 0 Å². The molecule has 0 saturated heterocycles. The first-order chi connectivity index (χ1) is 11.4. The first-order valence-corrected chi connectivity index (χ1v) is 9.28. The molecule has 0 fully saturated rings. The van der Waals surface area contributed by atoms with Gasteiger partial charge in [0.25, 0.3) is 0 Å². The molecule has 1 aliphatic heterocycles. The Kier molecular flexibility index (Phi) is 4.47. The quantitative estimate of drug-likeness (QED) is 0.921. The Morgan fingerprint density at radius 1 is 1.25 bits per heavy atom. The van der Waals surface area contributed by atoms with Gasteiger partial charge in [-0.1, -0.05) is 6.07 Å². The number of furan rings is 1. The van der Waals surface area contributed by atoms with Gasteiger partial charge in [-0.05, 0) is 49.6 Å². The molecule has 0 saturated carbocycles. The lowest BCUT2D eigenvalue weighted by atomic mass is 10.1. The molecule has 3 rings (SSSR count). The lowest BCUT2D eigenvalue weighted by Gasteiger charge is -2.23. The van der Waals surface area contributed by atoms with Crippen LogP contribution in [0, 0.1) is 0 Å². The van der Waals surface area contributed by atoms with Gasteiger partial charge in [-0.15, -0.1) is 0 Å². The number of sulfonamides is 1. The molecule has 1 aromatic heterocycles. The molecule has 2 aromatic rings.